The smallest absolute Gasteiger partial charge is 0.146 e. The fraction of sp³-hybridized carbons (Fsp3) is 0.600. The van der Waals surface area contributed by atoms with E-state index in [0.717, 1.165) is 25.2 Å². The fourth-order valence-corrected chi connectivity index (χ4v) is 3.37. The third-order valence-electron chi connectivity index (χ3n) is 4.52. The summed E-state index contributed by atoms with van der Waals surface area (Å²) in [6.07, 6.45) is 2.63. The number of hydrogen-bond donors (Lipinski definition) is 1. The van der Waals surface area contributed by atoms with Gasteiger partial charge in [-0.1, -0.05) is 6.07 Å². The maximum absolute atomic E-state index is 13.5. The molecule has 1 aromatic carbocycles. The molecule has 1 aromatic rings. The summed E-state index contributed by atoms with van der Waals surface area (Å²) in [5.74, 6) is -0.301. The zero-order valence-electron chi connectivity index (χ0n) is 11.5. The molecular weight excluding hydrogens is 241 g/mol. The molecule has 2 atom stereocenters. The van der Waals surface area contributed by atoms with Crippen LogP contribution in [0.25, 0.3) is 0 Å². The number of halogens is 1. The van der Waals surface area contributed by atoms with Gasteiger partial charge in [0.15, 0.2) is 0 Å². The average molecular weight is 263 g/mol. The molecule has 2 unspecified atom stereocenters. The van der Waals surface area contributed by atoms with Gasteiger partial charge in [-0.15, -0.1) is 0 Å². The summed E-state index contributed by atoms with van der Waals surface area (Å²) in [7, 11) is 0. The van der Waals surface area contributed by atoms with Crippen LogP contribution in [0.15, 0.2) is 18.2 Å². The molecule has 0 bridgehead atoms. The second-order valence-corrected chi connectivity index (χ2v) is 5.93. The molecule has 104 valence electrons. The number of hydrogen-bond acceptors (Lipinski definition) is 3. The summed E-state index contributed by atoms with van der Waals surface area (Å²) in [6, 6.07) is 6.42. The number of benzene rings is 1. The van der Waals surface area contributed by atoms with Gasteiger partial charge in [-0.3, -0.25) is 9.80 Å². The monoisotopic (exact) mass is 263 g/mol. The Bertz CT molecular complexity index is 463. The SMILES string of the molecule is CC1CN2CCCC2CN1Cc1ccc(N)c(F)c1. The zero-order chi connectivity index (χ0) is 13.4. The van der Waals surface area contributed by atoms with Crippen LogP contribution in [0, 0.1) is 5.82 Å². The van der Waals surface area contributed by atoms with Gasteiger partial charge in [-0.05, 0) is 44.0 Å². The maximum Gasteiger partial charge on any atom is 0.146 e. The Kier molecular flexibility index (Phi) is 3.46. The predicted octanol–water partition coefficient (Wildman–Crippen LogP) is 2.08. The molecule has 2 aliphatic rings. The molecule has 0 aromatic heterocycles. The summed E-state index contributed by atoms with van der Waals surface area (Å²) >= 11 is 0. The van der Waals surface area contributed by atoms with E-state index >= 15 is 0 Å². The van der Waals surface area contributed by atoms with Crippen molar-refractivity contribution < 1.29 is 4.39 Å². The van der Waals surface area contributed by atoms with Crippen LogP contribution in [0.4, 0.5) is 10.1 Å². The zero-order valence-corrected chi connectivity index (χ0v) is 11.5. The summed E-state index contributed by atoms with van der Waals surface area (Å²) in [5, 5.41) is 0. The van der Waals surface area contributed by atoms with Crippen molar-refractivity contribution in [2.45, 2.75) is 38.4 Å². The number of piperazine rings is 1. The lowest BCUT2D eigenvalue weighted by Gasteiger charge is -2.42. The van der Waals surface area contributed by atoms with Gasteiger partial charge >= 0.3 is 0 Å². The van der Waals surface area contributed by atoms with E-state index in [1.165, 1.54) is 19.4 Å². The molecule has 3 rings (SSSR count). The topological polar surface area (TPSA) is 32.5 Å². The van der Waals surface area contributed by atoms with Crippen molar-refractivity contribution in [3.05, 3.63) is 29.6 Å². The van der Waals surface area contributed by atoms with Gasteiger partial charge in [0.05, 0.1) is 5.69 Å². The Labute approximate surface area is 114 Å². The van der Waals surface area contributed by atoms with Gasteiger partial charge < -0.3 is 5.73 Å². The Balaban J connectivity index is 1.70. The first-order valence-corrected chi connectivity index (χ1v) is 7.15. The first-order valence-electron chi connectivity index (χ1n) is 7.15. The lowest BCUT2D eigenvalue weighted by molar-refractivity contribution is 0.0540. The molecule has 2 aliphatic heterocycles. The second kappa shape index (κ2) is 5.10. The van der Waals surface area contributed by atoms with E-state index < -0.39 is 0 Å². The van der Waals surface area contributed by atoms with E-state index in [4.69, 9.17) is 5.73 Å². The van der Waals surface area contributed by atoms with Crippen LogP contribution < -0.4 is 5.73 Å². The van der Waals surface area contributed by atoms with E-state index in [9.17, 15) is 4.39 Å². The minimum Gasteiger partial charge on any atom is -0.396 e. The van der Waals surface area contributed by atoms with E-state index in [2.05, 4.69) is 16.7 Å². The lowest BCUT2D eigenvalue weighted by Crippen LogP contribution is -2.54. The third-order valence-corrected chi connectivity index (χ3v) is 4.52. The highest BCUT2D eigenvalue weighted by Crippen LogP contribution is 2.26. The summed E-state index contributed by atoms with van der Waals surface area (Å²) in [6.45, 7) is 6.58. The van der Waals surface area contributed by atoms with Gasteiger partial charge in [-0.2, -0.15) is 0 Å². The first kappa shape index (κ1) is 12.9. The van der Waals surface area contributed by atoms with Gasteiger partial charge in [0.1, 0.15) is 5.82 Å². The quantitative estimate of drug-likeness (QED) is 0.829. The lowest BCUT2D eigenvalue weighted by atomic mass is 10.1. The average Bonchev–Trinajstić information content (AvgIpc) is 2.81. The molecule has 4 heteroatoms. The Morgan fingerprint density at radius 1 is 1.37 bits per heavy atom. The van der Waals surface area contributed by atoms with Crippen molar-refractivity contribution in [3.8, 4) is 0 Å². The molecule has 0 spiro atoms. The van der Waals surface area contributed by atoms with Gasteiger partial charge in [-0.25, -0.2) is 4.39 Å². The molecule has 19 heavy (non-hydrogen) atoms. The van der Waals surface area contributed by atoms with Gasteiger partial charge in [0.25, 0.3) is 0 Å². The molecule has 0 aliphatic carbocycles. The summed E-state index contributed by atoms with van der Waals surface area (Å²) in [4.78, 5) is 5.07. The second-order valence-electron chi connectivity index (χ2n) is 5.93. The largest absolute Gasteiger partial charge is 0.396 e. The first-order chi connectivity index (χ1) is 9.13. The number of nitrogens with two attached hydrogens (primary N) is 1. The number of rotatable bonds is 2. The van der Waals surface area contributed by atoms with Crippen LogP contribution in [0.1, 0.15) is 25.3 Å². The Morgan fingerprint density at radius 2 is 2.21 bits per heavy atom. The molecular formula is C15H22FN3. The van der Waals surface area contributed by atoms with Crippen LogP contribution in [-0.2, 0) is 6.54 Å². The van der Waals surface area contributed by atoms with Crippen LogP contribution >= 0.6 is 0 Å². The highest BCUT2D eigenvalue weighted by molar-refractivity contribution is 5.41. The van der Waals surface area contributed by atoms with Crippen molar-refractivity contribution in [1.29, 1.82) is 0 Å². The van der Waals surface area contributed by atoms with Crippen LogP contribution in [-0.4, -0.2) is 41.5 Å². The molecule has 2 saturated heterocycles. The number of nitrogens with zero attached hydrogens (tertiary/aromatic N) is 2. The van der Waals surface area contributed by atoms with E-state index in [-0.39, 0.29) is 11.5 Å². The van der Waals surface area contributed by atoms with E-state index in [1.807, 2.05) is 6.07 Å². The van der Waals surface area contributed by atoms with Crippen molar-refractivity contribution in [3.63, 3.8) is 0 Å². The van der Waals surface area contributed by atoms with E-state index in [0.29, 0.717) is 12.1 Å². The third kappa shape index (κ3) is 2.60. The maximum atomic E-state index is 13.5. The minimum absolute atomic E-state index is 0.234. The molecule has 0 radical (unpaired) electrons. The number of nitrogen functional groups attached to an aromatic ring is 1. The highest BCUT2D eigenvalue weighted by atomic mass is 19.1. The molecule has 2 heterocycles. The molecule has 0 saturated carbocycles. The van der Waals surface area contributed by atoms with Gasteiger partial charge in [0, 0.05) is 31.7 Å². The minimum atomic E-state index is -0.301. The number of fused-ring (bicyclic) bond motifs is 1. The van der Waals surface area contributed by atoms with Crippen LogP contribution in [0.5, 0.6) is 0 Å². The predicted molar refractivity (Wildman–Crippen MR) is 75.3 cm³/mol. The molecule has 0 amide bonds. The van der Waals surface area contributed by atoms with Gasteiger partial charge in [0.2, 0.25) is 0 Å². The van der Waals surface area contributed by atoms with E-state index in [1.54, 1.807) is 12.1 Å². The number of anilines is 1. The highest BCUT2D eigenvalue weighted by Gasteiger charge is 2.34. The molecule has 3 nitrogen and oxygen atoms in total. The molecule has 2 N–H and O–H groups in total. The fourth-order valence-electron chi connectivity index (χ4n) is 3.37. The van der Waals surface area contributed by atoms with Crippen LogP contribution in [0.2, 0.25) is 0 Å². The Morgan fingerprint density at radius 3 is 3.00 bits per heavy atom. The van der Waals surface area contributed by atoms with Crippen molar-refractivity contribution in [2.75, 3.05) is 25.4 Å². The summed E-state index contributed by atoms with van der Waals surface area (Å²) in [5.41, 5.74) is 6.78. The van der Waals surface area contributed by atoms with Crippen molar-refractivity contribution in [1.82, 2.24) is 9.80 Å². The van der Waals surface area contributed by atoms with Crippen molar-refractivity contribution in [2.24, 2.45) is 0 Å². The van der Waals surface area contributed by atoms with Crippen molar-refractivity contribution >= 4 is 5.69 Å². The normalized spacial score (nSPS) is 28.5. The summed E-state index contributed by atoms with van der Waals surface area (Å²) < 4.78 is 13.5. The van der Waals surface area contributed by atoms with Crippen LogP contribution in [0.3, 0.4) is 0 Å². The Hall–Kier alpha value is -1.13. The standard InChI is InChI=1S/C15H22FN3/c1-11-8-18-6-2-3-13(18)10-19(11)9-12-4-5-15(17)14(16)7-12/h4-5,7,11,13H,2-3,6,8-10,17H2,1H3. The molecule has 2 fully saturated rings.